The van der Waals surface area contributed by atoms with Gasteiger partial charge in [-0.15, -0.1) is 0 Å². The van der Waals surface area contributed by atoms with Crippen LogP contribution in [0.5, 0.6) is 17.2 Å². The predicted molar refractivity (Wildman–Crippen MR) is 97.2 cm³/mol. The molecule has 0 heterocycles. The number of hydrogen-bond donors (Lipinski definition) is 0. The molecule has 0 saturated heterocycles. The standard InChI is InChI=1S/C20H27NO3/c1-5-21(12-13-24-18-9-7-6-8-16(18)2)15-17-10-11-19(22-3)20(14-17)23-4/h6-11,14H,5,12-13,15H2,1-4H3. The van der Waals surface area contributed by atoms with Crippen LogP contribution in [-0.2, 0) is 6.54 Å². The maximum absolute atomic E-state index is 5.90. The molecule has 0 spiro atoms. The molecular weight excluding hydrogens is 302 g/mol. The van der Waals surface area contributed by atoms with E-state index in [0.717, 1.165) is 36.9 Å². The number of likely N-dealkylation sites (N-methyl/N-ethyl adjacent to an activating group) is 1. The highest BCUT2D eigenvalue weighted by atomic mass is 16.5. The Labute approximate surface area is 145 Å². The second kappa shape index (κ2) is 9.18. The van der Waals surface area contributed by atoms with Crippen LogP contribution in [0.3, 0.4) is 0 Å². The Morgan fingerprint density at radius 3 is 2.33 bits per heavy atom. The van der Waals surface area contributed by atoms with Gasteiger partial charge in [-0.3, -0.25) is 4.90 Å². The van der Waals surface area contributed by atoms with Crippen molar-refractivity contribution < 1.29 is 14.2 Å². The molecule has 2 aromatic rings. The van der Waals surface area contributed by atoms with Gasteiger partial charge in [-0.2, -0.15) is 0 Å². The summed E-state index contributed by atoms with van der Waals surface area (Å²) in [6.45, 7) is 7.59. The molecule has 0 aliphatic carbocycles. The zero-order valence-corrected chi connectivity index (χ0v) is 15.0. The fourth-order valence-electron chi connectivity index (χ4n) is 2.59. The van der Waals surface area contributed by atoms with Gasteiger partial charge in [-0.25, -0.2) is 0 Å². The van der Waals surface area contributed by atoms with Gasteiger partial charge in [0.15, 0.2) is 11.5 Å². The molecule has 0 atom stereocenters. The molecule has 0 aliphatic heterocycles. The van der Waals surface area contributed by atoms with Gasteiger partial charge in [0.05, 0.1) is 14.2 Å². The number of benzene rings is 2. The zero-order chi connectivity index (χ0) is 17.4. The lowest BCUT2D eigenvalue weighted by Gasteiger charge is -2.21. The van der Waals surface area contributed by atoms with E-state index in [-0.39, 0.29) is 0 Å². The summed E-state index contributed by atoms with van der Waals surface area (Å²) < 4.78 is 16.6. The third kappa shape index (κ3) is 4.90. The number of ether oxygens (including phenoxy) is 3. The van der Waals surface area contributed by atoms with Crippen LogP contribution in [0.15, 0.2) is 42.5 Å². The van der Waals surface area contributed by atoms with Crippen LogP contribution < -0.4 is 14.2 Å². The van der Waals surface area contributed by atoms with E-state index >= 15 is 0 Å². The highest BCUT2D eigenvalue weighted by molar-refractivity contribution is 5.42. The summed E-state index contributed by atoms with van der Waals surface area (Å²) in [5.74, 6) is 2.48. The molecule has 24 heavy (non-hydrogen) atoms. The first-order valence-corrected chi connectivity index (χ1v) is 8.29. The minimum Gasteiger partial charge on any atom is -0.493 e. The average molecular weight is 329 g/mol. The van der Waals surface area contributed by atoms with Crippen LogP contribution in [-0.4, -0.2) is 38.8 Å². The van der Waals surface area contributed by atoms with Crippen molar-refractivity contribution in [3.63, 3.8) is 0 Å². The number of rotatable bonds is 9. The van der Waals surface area contributed by atoms with Crippen molar-refractivity contribution in [3.8, 4) is 17.2 Å². The second-order valence-electron chi connectivity index (χ2n) is 5.67. The minimum atomic E-state index is 0.673. The quantitative estimate of drug-likeness (QED) is 0.698. The first kappa shape index (κ1) is 18.1. The third-order valence-corrected chi connectivity index (χ3v) is 4.06. The van der Waals surface area contributed by atoms with Crippen LogP contribution in [0.4, 0.5) is 0 Å². The van der Waals surface area contributed by atoms with Crippen LogP contribution in [0.25, 0.3) is 0 Å². The van der Waals surface area contributed by atoms with E-state index < -0.39 is 0 Å². The third-order valence-electron chi connectivity index (χ3n) is 4.06. The largest absolute Gasteiger partial charge is 0.493 e. The summed E-state index contributed by atoms with van der Waals surface area (Å²) in [5.41, 5.74) is 2.37. The first-order valence-electron chi connectivity index (χ1n) is 8.29. The minimum absolute atomic E-state index is 0.673. The number of nitrogens with zero attached hydrogens (tertiary/aromatic N) is 1. The van der Waals surface area contributed by atoms with Gasteiger partial charge in [0.2, 0.25) is 0 Å². The van der Waals surface area contributed by atoms with Crippen molar-refractivity contribution in [3.05, 3.63) is 53.6 Å². The van der Waals surface area contributed by atoms with Crippen LogP contribution in [0.1, 0.15) is 18.1 Å². The van der Waals surface area contributed by atoms with Gasteiger partial charge in [-0.05, 0) is 42.8 Å². The molecule has 4 heteroatoms. The molecule has 0 radical (unpaired) electrons. The second-order valence-corrected chi connectivity index (χ2v) is 5.67. The highest BCUT2D eigenvalue weighted by Crippen LogP contribution is 2.28. The molecule has 2 aromatic carbocycles. The van der Waals surface area contributed by atoms with Gasteiger partial charge >= 0.3 is 0 Å². The fraction of sp³-hybridized carbons (Fsp3) is 0.400. The maximum Gasteiger partial charge on any atom is 0.161 e. The lowest BCUT2D eigenvalue weighted by Crippen LogP contribution is -2.28. The van der Waals surface area contributed by atoms with Crippen molar-refractivity contribution in [2.45, 2.75) is 20.4 Å². The van der Waals surface area contributed by atoms with Gasteiger partial charge in [0.25, 0.3) is 0 Å². The van der Waals surface area contributed by atoms with Gasteiger partial charge < -0.3 is 14.2 Å². The Morgan fingerprint density at radius 2 is 1.67 bits per heavy atom. The Morgan fingerprint density at radius 1 is 0.917 bits per heavy atom. The summed E-state index contributed by atoms with van der Waals surface area (Å²) in [5, 5.41) is 0. The predicted octanol–water partition coefficient (Wildman–Crippen LogP) is 3.91. The number of para-hydroxylation sites is 1. The van der Waals surface area contributed by atoms with Crippen LogP contribution >= 0.6 is 0 Å². The van der Waals surface area contributed by atoms with E-state index in [0.29, 0.717) is 6.61 Å². The summed E-state index contributed by atoms with van der Waals surface area (Å²) in [6, 6.07) is 14.2. The topological polar surface area (TPSA) is 30.9 Å². The molecule has 0 N–H and O–H groups in total. The molecule has 0 saturated carbocycles. The number of hydrogen-bond acceptors (Lipinski definition) is 4. The van der Waals surface area contributed by atoms with E-state index in [9.17, 15) is 0 Å². The van der Waals surface area contributed by atoms with Crippen molar-refractivity contribution in [2.24, 2.45) is 0 Å². The van der Waals surface area contributed by atoms with E-state index in [1.807, 2.05) is 30.3 Å². The van der Waals surface area contributed by atoms with Crippen molar-refractivity contribution in [1.29, 1.82) is 0 Å². The highest BCUT2D eigenvalue weighted by Gasteiger charge is 2.09. The van der Waals surface area contributed by atoms with Gasteiger partial charge in [0, 0.05) is 13.1 Å². The molecular formula is C20H27NO3. The summed E-state index contributed by atoms with van der Waals surface area (Å²) >= 11 is 0. The molecule has 0 unspecified atom stereocenters. The molecule has 2 rings (SSSR count). The van der Waals surface area contributed by atoms with Crippen molar-refractivity contribution in [1.82, 2.24) is 4.90 Å². The van der Waals surface area contributed by atoms with Crippen LogP contribution in [0.2, 0.25) is 0 Å². The first-order chi connectivity index (χ1) is 11.7. The lowest BCUT2D eigenvalue weighted by molar-refractivity contribution is 0.209. The van der Waals surface area contributed by atoms with Crippen molar-refractivity contribution in [2.75, 3.05) is 33.9 Å². The van der Waals surface area contributed by atoms with Gasteiger partial charge in [-0.1, -0.05) is 31.2 Å². The normalized spacial score (nSPS) is 10.7. The van der Waals surface area contributed by atoms with E-state index in [1.54, 1.807) is 14.2 Å². The monoisotopic (exact) mass is 329 g/mol. The number of methoxy groups -OCH3 is 2. The Balaban J connectivity index is 1.91. The fourth-order valence-corrected chi connectivity index (χ4v) is 2.59. The Bertz CT molecular complexity index is 643. The summed E-state index contributed by atoms with van der Waals surface area (Å²) in [7, 11) is 3.31. The molecule has 0 bridgehead atoms. The number of aryl methyl sites for hydroxylation is 1. The molecule has 0 fully saturated rings. The molecule has 0 aromatic heterocycles. The van der Waals surface area contributed by atoms with Gasteiger partial charge in [0.1, 0.15) is 12.4 Å². The van der Waals surface area contributed by atoms with E-state index in [4.69, 9.17) is 14.2 Å². The lowest BCUT2D eigenvalue weighted by atomic mass is 10.2. The molecule has 0 amide bonds. The summed E-state index contributed by atoms with van der Waals surface area (Å²) in [6.07, 6.45) is 0. The Kier molecular flexibility index (Phi) is 6.94. The Hall–Kier alpha value is -2.20. The smallest absolute Gasteiger partial charge is 0.161 e. The molecule has 0 aliphatic rings. The molecule has 130 valence electrons. The SMILES string of the molecule is CCN(CCOc1ccccc1C)Cc1ccc(OC)c(OC)c1. The van der Waals surface area contributed by atoms with Crippen molar-refractivity contribution >= 4 is 0 Å². The maximum atomic E-state index is 5.90. The van der Waals surface area contributed by atoms with E-state index in [2.05, 4.69) is 30.9 Å². The summed E-state index contributed by atoms with van der Waals surface area (Å²) in [4.78, 5) is 2.35. The van der Waals surface area contributed by atoms with Crippen LogP contribution in [0, 0.1) is 6.92 Å². The zero-order valence-electron chi connectivity index (χ0n) is 15.0. The van der Waals surface area contributed by atoms with E-state index in [1.165, 1.54) is 11.1 Å². The molecule has 4 nitrogen and oxygen atoms in total. The average Bonchev–Trinajstić information content (AvgIpc) is 2.62.